The molecule has 2 aliphatic rings. The third kappa shape index (κ3) is 5.51. The molecule has 3 rings (SSSR count). The summed E-state index contributed by atoms with van der Waals surface area (Å²) in [4.78, 5) is 47.8. The number of thioether (sulfide) groups is 1. The molecule has 1 saturated heterocycles. The fourth-order valence-electron chi connectivity index (χ4n) is 4.28. The van der Waals surface area contributed by atoms with E-state index in [2.05, 4.69) is 16.0 Å². The van der Waals surface area contributed by atoms with Crippen molar-refractivity contribution < 1.29 is 39.6 Å². The highest BCUT2D eigenvalue weighted by molar-refractivity contribution is 8.03. The number of aromatic carboxylic acids is 1. The molecule has 0 saturated carbocycles. The number of amides is 1. The number of carbonyl (C=O) groups excluding carboxylic acids is 1. The van der Waals surface area contributed by atoms with Gasteiger partial charge in [0.2, 0.25) is 5.91 Å². The van der Waals surface area contributed by atoms with Gasteiger partial charge in [0.1, 0.15) is 11.6 Å². The molecule has 0 aliphatic carbocycles. The van der Waals surface area contributed by atoms with E-state index in [-0.39, 0.29) is 22.4 Å². The molecule has 2 aliphatic heterocycles. The Kier molecular flexibility index (Phi) is 7.85. The minimum absolute atomic E-state index is 0.0490. The van der Waals surface area contributed by atoms with Crippen LogP contribution in [0.1, 0.15) is 30.6 Å². The number of aliphatic hydroxyl groups is 1. The van der Waals surface area contributed by atoms with Crippen LogP contribution in [-0.4, -0.2) is 74.2 Å². The first-order valence-corrected chi connectivity index (χ1v) is 11.6. The van der Waals surface area contributed by atoms with Crippen LogP contribution in [0, 0.1) is 11.8 Å². The number of anilines is 1. The number of hydrogen-bond acceptors (Lipinski definition) is 8. The predicted molar refractivity (Wildman–Crippen MR) is 123 cm³/mol. The van der Waals surface area contributed by atoms with E-state index in [9.17, 15) is 34.5 Å². The van der Waals surface area contributed by atoms with Crippen molar-refractivity contribution in [3.8, 4) is 0 Å². The zero-order valence-electron chi connectivity index (χ0n) is 18.5. The van der Waals surface area contributed by atoms with Crippen molar-refractivity contribution in [3.05, 3.63) is 40.4 Å². The molecule has 6 atom stereocenters. The van der Waals surface area contributed by atoms with Crippen LogP contribution in [0.3, 0.4) is 0 Å². The third-order valence-corrected chi connectivity index (χ3v) is 7.52. The molecule has 11 nitrogen and oxygen atoms in total. The van der Waals surface area contributed by atoms with E-state index in [1.807, 2.05) is 0 Å². The minimum atomic E-state index is -1.22. The lowest BCUT2D eigenvalue weighted by molar-refractivity contribution is -0.147. The predicted octanol–water partition coefficient (Wildman–Crippen LogP) is 0.773. The van der Waals surface area contributed by atoms with Crippen LogP contribution in [0.15, 0.2) is 34.9 Å². The lowest BCUT2D eigenvalue weighted by Crippen LogP contribution is -2.45. The summed E-state index contributed by atoms with van der Waals surface area (Å²) in [7, 11) is 0. The lowest BCUT2D eigenvalue weighted by atomic mass is 9.87. The molecule has 34 heavy (non-hydrogen) atoms. The van der Waals surface area contributed by atoms with Gasteiger partial charge in [-0.05, 0) is 31.5 Å². The normalized spacial score (nSPS) is 26.0. The van der Waals surface area contributed by atoms with E-state index in [0.29, 0.717) is 23.6 Å². The minimum Gasteiger partial charge on any atom is -0.481 e. The zero-order chi connectivity index (χ0) is 25.2. The Labute approximate surface area is 199 Å². The van der Waals surface area contributed by atoms with E-state index in [1.54, 1.807) is 13.0 Å². The number of aliphatic carboxylic acids is 2. The van der Waals surface area contributed by atoms with Crippen molar-refractivity contribution in [1.29, 1.82) is 0 Å². The summed E-state index contributed by atoms with van der Waals surface area (Å²) in [6.45, 7) is 3.50. The van der Waals surface area contributed by atoms with Crippen LogP contribution in [0.25, 0.3) is 0 Å². The highest BCUT2D eigenvalue weighted by Crippen LogP contribution is 2.41. The summed E-state index contributed by atoms with van der Waals surface area (Å²) in [6.07, 6.45) is -0.792. The van der Waals surface area contributed by atoms with E-state index in [0.717, 1.165) is 0 Å². The smallest absolute Gasteiger partial charge is 0.352 e. The van der Waals surface area contributed by atoms with Crippen LogP contribution >= 0.6 is 11.8 Å². The van der Waals surface area contributed by atoms with E-state index in [1.165, 1.54) is 36.9 Å². The van der Waals surface area contributed by atoms with Crippen LogP contribution in [-0.2, 0) is 14.4 Å². The first kappa shape index (κ1) is 25.5. The topological polar surface area (TPSA) is 185 Å². The summed E-state index contributed by atoms with van der Waals surface area (Å²) in [5.41, 5.74) is 0.314. The van der Waals surface area contributed by atoms with Crippen molar-refractivity contribution in [3.63, 3.8) is 0 Å². The Balaban J connectivity index is 1.67. The molecule has 1 fully saturated rings. The Morgan fingerprint density at radius 1 is 1.15 bits per heavy atom. The SMILES string of the molecule is CC(O)C(C(=O)O)C1NC(C(=O)O)=C(SC2CNC(C(=O)Nc3cccc(C(=O)O)c3)C2)C1C. The molecule has 2 heterocycles. The standard InChI is InChI=1S/C22H27N3O8S/c1-9-16(15(10(2)26)21(30)31)25-17(22(32)33)18(9)34-13-7-14(23-8-13)19(27)24-12-5-3-4-11(6-12)20(28)29/h3-6,9-10,13-16,23,25-26H,7-8H2,1-2H3,(H,24,27)(H,28,29)(H,30,31)(H,32,33). The molecule has 1 aromatic carbocycles. The average molecular weight is 494 g/mol. The maximum absolute atomic E-state index is 12.7. The second-order valence-electron chi connectivity index (χ2n) is 8.42. The highest BCUT2D eigenvalue weighted by Gasteiger charge is 2.45. The maximum atomic E-state index is 12.7. The molecule has 0 spiro atoms. The number of benzene rings is 1. The zero-order valence-corrected chi connectivity index (χ0v) is 19.3. The van der Waals surface area contributed by atoms with Crippen molar-refractivity contribution in [1.82, 2.24) is 10.6 Å². The number of rotatable bonds is 9. The Morgan fingerprint density at radius 2 is 1.85 bits per heavy atom. The van der Waals surface area contributed by atoms with Gasteiger partial charge in [-0.3, -0.25) is 9.59 Å². The summed E-state index contributed by atoms with van der Waals surface area (Å²) >= 11 is 1.28. The highest BCUT2D eigenvalue weighted by atomic mass is 32.2. The molecular weight excluding hydrogens is 466 g/mol. The van der Waals surface area contributed by atoms with Gasteiger partial charge >= 0.3 is 17.9 Å². The number of nitrogens with one attached hydrogen (secondary N) is 3. The number of hydrogen-bond donors (Lipinski definition) is 7. The van der Waals surface area contributed by atoms with Gasteiger partial charge < -0.3 is 36.4 Å². The Bertz CT molecular complexity index is 1030. The fourth-order valence-corrected chi connectivity index (χ4v) is 5.73. The quantitative estimate of drug-likeness (QED) is 0.258. The second kappa shape index (κ2) is 10.5. The fraction of sp³-hybridized carbons (Fsp3) is 0.455. The molecule has 1 amide bonds. The monoisotopic (exact) mass is 493 g/mol. The van der Waals surface area contributed by atoms with Crippen LogP contribution < -0.4 is 16.0 Å². The summed E-state index contributed by atoms with van der Waals surface area (Å²) in [5.74, 6) is -5.55. The van der Waals surface area contributed by atoms with Crippen molar-refractivity contribution in [2.45, 2.75) is 43.7 Å². The maximum Gasteiger partial charge on any atom is 0.352 e. The molecule has 184 valence electrons. The van der Waals surface area contributed by atoms with Crippen LogP contribution in [0.2, 0.25) is 0 Å². The summed E-state index contributed by atoms with van der Waals surface area (Å²) in [6, 6.07) is 4.54. The number of carboxylic acid groups (broad SMARTS) is 3. The Hall–Kier alpha value is -3.09. The van der Waals surface area contributed by atoms with Gasteiger partial charge in [-0.2, -0.15) is 0 Å². The first-order valence-electron chi connectivity index (χ1n) is 10.7. The first-order chi connectivity index (χ1) is 16.0. The molecule has 12 heteroatoms. The summed E-state index contributed by atoms with van der Waals surface area (Å²) < 4.78 is 0. The molecule has 0 bridgehead atoms. The van der Waals surface area contributed by atoms with Crippen molar-refractivity contribution in [2.75, 3.05) is 11.9 Å². The van der Waals surface area contributed by atoms with Gasteiger partial charge in [0, 0.05) is 34.3 Å². The van der Waals surface area contributed by atoms with Gasteiger partial charge in [0.25, 0.3) is 0 Å². The number of carboxylic acids is 3. The number of aliphatic hydroxyl groups excluding tert-OH is 1. The molecule has 0 aromatic heterocycles. The van der Waals surface area contributed by atoms with Gasteiger partial charge in [-0.1, -0.05) is 13.0 Å². The molecule has 1 aromatic rings. The van der Waals surface area contributed by atoms with Gasteiger partial charge in [0.05, 0.1) is 17.7 Å². The third-order valence-electron chi connectivity index (χ3n) is 5.99. The molecule has 6 unspecified atom stereocenters. The van der Waals surface area contributed by atoms with Gasteiger partial charge in [0.15, 0.2) is 0 Å². The molecular formula is C22H27N3O8S. The van der Waals surface area contributed by atoms with E-state index >= 15 is 0 Å². The van der Waals surface area contributed by atoms with Crippen molar-refractivity contribution in [2.24, 2.45) is 11.8 Å². The average Bonchev–Trinajstić information content (AvgIpc) is 3.34. The molecule has 7 N–H and O–H groups in total. The second-order valence-corrected chi connectivity index (χ2v) is 9.76. The Morgan fingerprint density at radius 3 is 2.44 bits per heavy atom. The van der Waals surface area contributed by atoms with Crippen LogP contribution in [0.4, 0.5) is 5.69 Å². The largest absolute Gasteiger partial charge is 0.481 e. The van der Waals surface area contributed by atoms with Crippen LogP contribution in [0.5, 0.6) is 0 Å². The van der Waals surface area contributed by atoms with E-state index < -0.39 is 47.9 Å². The van der Waals surface area contributed by atoms with Gasteiger partial charge in [-0.25, -0.2) is 9.59 Å². The summed E-state index contributed by atoms with van der Waals surface area (Å²) in [5, 5.41) is 46.6. The lowest BCUT2D eigenvalue weighted by Gasteiger charge is -2.27. The van der Waals surface area contributed by atoms with Gasteiger partial charge in [-0.15, -0.1) is 11.8 Å². The van der Waals surface area contributed by atoms with Crippen molar-refractivity contribution >= 4 is 41.3 Å². The molecule has 0 radical (unpaired) electrons. The van der Waals surface area contributed by atoms with E-state index in [4.69, 9.17) is 5.11 Å². The number of carbonyl (C=O) groups is 4.